The molecule has 0 aliphatic carbocycles. The molecular weight excluding hydrogens is 346 g/mol. The number of carboxylic acid groups (broad SMARTS) is 1. The summed E-state index contributed by atoms with van der Waals surface area (Å²) in [6, 6.07) is 8.14. The lowest BCUT2D eigenvalue weighted by Gasteiger charge is -2.42. The van der Waals surface area contributed by atoms with Gasteiger partial charge >= 0.3 is 0 Å². The Morgan fingerprint density at radius 1 is 1.30 bits per heavy atom. The van der Waals surface area contributed by atoms with Crippen molar-refractivity contribution < 1.29 is 19.7 Å². The molecule has 0 atom stereocenters. The van der Waals surface area contributed by atoms with Gasteiger partial charge in [-0.2, -0.15) is 0 Å². The molecule has 2 aliphatic rings. The first-order chi connectivity index (χ1) is 13.1. The second kappa shape index (κ2) is 8.54. The van der Waals surface area contributed by atoms with Crippen LogP contribution in [0, 0.1) is 0 Å². The van der Waals surface area contributed by atoms with Crippen molar-refractivity contribution in [3.8, 4) is 0 Å². The number of ether oxygens (including phenoxy) is 1. The quantitative estimate of drug-likeness (QED) is 0.635. The van der Waals surface area contributed by atoms with Gasteiger partial charge in [0.15, 0.2) is 0 Å². The molecule has 2 N–H and O–H groups in total. The van der Waals surface area contributed by atoms with Gasteiger partial charge in [0, 0.05) is 19.6 Å². The number of hydrogen-bond acceptors (Lipinski definition) is 5. The summed E-state index contributed by atoms with van der Waals surface area (Å²) in [6.45, 7) is 5.35. The summed E-state index contributed by atoms with van der Waals surface area (Å²) in [5.41, 5.74) is 3.45. The van der Waals surface area contributed by atoms with E-state index in [0.717, 1.165) is 55.9 Å². The minimum atomic E-state index is -0.250. The Labute approximate surface area is 158 Å². The number of nitrogens with zero attached hydrogens (tertiary/aromatic N) is 3. The molecular formula is C20H27N3O4. The minimum absolute atomic E-state index is 0.0767. The molecule has 3 heterocycles. The lowest BCUT2D eigenvalue weighted by molar-refractivity contribution is -0.122. The van der Waals surface area contributed by atoms with Crippen molar-refractivity contribution in [1.29, 1.82) is 0 Å². The Hall–Kier alpha value is -2.38. The van der Waals surface area contributed by atoms with Gasteiger partial charge < -0.3 is 24.4 Å². The van der Waals surface area contributed by atoms with E-state index in [1.54, 1.807) is 0 Å². The fourth-order valence-electron chi connectivity index (χ4n) is 3.98. The molecule has 0 radical (unpaired) electrons. The second-order valence-corrected chi connectivity index (χ2v) is 7.02. The molecule has 1 aromatic heterocycles. The van der Waals surface area contributed by atoms with Crippen molar-refractivity contribution in [3.05, 3.63) is 35.9 Å². The van der Waals surface area contributed by atoms with Gasteiger partial charge in [-0.25, -0.2) is 4.98 Å². The number of benzene rings is 1. The summed E-state index contributed by atoms with van der Waals surface area (Å²) in [4.78, 5) is 15.5. The number of piperidine rings is 1. The molecule has 0 unspecified atom stereocenters. The van der Waals surface area contributed by atoms with Crippen LogP contribution in [0.1, 0.15) is 26.2 Å². The van der Waals surface area contributed by atoms with Crippen LogP contribution in [0.3, 0.4) is 0 Å². The van der Waals surface area contributed by atoms with E-state index in [0.29, 0.717) is 6.54 Å². The SMILES string of the molecule is CC1=CC2(CCN(c3nc4ccccc4n3CCO)CC2)OCC1.O=CO. The van der Waals surface area contributed by atoms with Crippen molar-refractivity contribution >= 4 is 23.5 Å². The average molecular weight is 373 g/mol. The maximum atomic E-state index is 9.45. The molecule has 1 fully saturated rings. The van der Waals surface area contributed by atoms with Crippen molar-refractivity contribution in [2.75, 3.05) is 31.2 Å². The van der Waals surface area contributed by atoms with Crippen LogP contribution < -0.4 is 4.90 Å². The van der Waals surface area contributed by atoms with Crippen LogP contribution in [-0.4, -0.2) is 58.1 Å². The minimum Gasteiger partial charge on any atom is -0.483 e. The van der Waals surface area contributed by atoms with Crippen molar-refractivity contribution in [3.63, 3.8) is 0 Å². The molecule has 1 aromatic carbocycles. The average Bonchev–Trinajstić information content (AvgIpc) is 3.02. The summed E-state index contributed by atoms with van der Waals surface area (Å²) in [6.07, 6.45) is 5.38. The zero-order valence-corrected chi connectivity index (χ0v) is 15.7. The summed E-state index contributed by atoms with van der Waals surface area (Å²) < 4.78 is 8.26. The molecule has 146 valence electrons. The van der Waals surface area contributed by atoms with Crippen LogP contribution in [0.5, 0.6) is 0 Å². The van der Waals surface area contributed by atoms with E-state index in [4.69, 9.17) is 19.6 Å². The highest BCUT2D eigenvalue weighted by Crippen LogP contribution is 2.35. The van der Waals surface area contributed by atoms with Crippen LogP contribution in [0.4, 0.5) is 5.95 Å². The van der Waals surface area contributed by atoms with Crippen LogP contribution in [0.25, 0.3) is 11.0 Å². The number of anilines is 1. The molecule has 0 amide bonds. The normalized spacial score (nSPS) is 18.7. The smallest absolute Gasteiger partial charge is 0.290 e. The summed E-state index contributed by atoms with van der Waals surface area (Å²) >= 11 is 0. The van der Waals surface area contributed by atoms with E-state index in [-0.39, 0.29) is 18.7 Å². The molecule has 7 nitrogen and oxygen atoms in total. The molecule has 7 heteroatoms. The van der Waals surface area contributed by atoms with Gasteiger partial charge in [0.25, 0.3) is 6.47 Å². The zero-order chi connectivity index (χ0) is 19.3. The maximum Gasteiger partial charge on any atom is 0.290 e. The standard InChI is InChI=1S/C19H25N3O2.CH2O2/c1-15-6-13-24-19(14-15)7-9-21(10-8-19)18-20-16-4-2-3-5-17(16)22(18)11-12-23;2-1-3/h2-5,14,23H,6-13H2,1H3;1H,(H,2,3). The van der Waals surface area contributed by atoms with E-state index in [9.17, 15) is 5.11 Å². The fraction of sp³-hybridized carbons (Fsp3) is 0.500. The maximum absolute atomic E-state index is 9.45. The van der Waals surface area contributed by atoms with Gasteiger partial charge in [0.05, 0.1) is 29.8 Å². The van der Waals surface area contributed by atoms with Gasteiger partial charge in [-0.05, 0) is 38.3 Å². The van der Waals surface area contributed by atoms with Crippen molar-refractivity contribution in [2.24, 2.45) is 0 Å². The first-order valence-corrected chi connectivity index (χ1v) is 9.34. The predicted molar refractivity (Wildman–Crippen MR) is 104 cm³/mol. The zero-order valence-electron chi connectivity index (χ0n) is 15.7. The lowest BCUT2D eigenvalue weighted by Crippen LogP contribution is -2.47. The first-order valence-electron chi connectivity index (χ1n) is 9.34. The Morgan fingerprint density at radius 3 is 2.67 bits per heavy atom. The molecule has 0 bridgehead atoms. The van der Waals surface area contributed by atoms with E-state index in [1.807, 2.05) is 18.2 Å². The number of rotatable bonds is 3. The third-order valence-electron chi connectivity index (χ3n) is 5.25. The van der Waals surface area contributed by atoms with Crippen molar-refractivity contribution in [2.45, 2.75) is 38.3 Å². The highest BCUT2D eigenvalue weighted by atomic mass is 16.5. The Balaban J connectivity index is 0.000000659. The van der Waals surface area contributed by atoms with Gasteiger partial charge in [-0.15, -0.1) is 0 Å². The Bertz CT molecular complexity index is 807. The largest absolute Gasteiger partial charge is 0.483 e. The predicted octanol–water partition coefficient (Wildman–Crippen LogP) is 2.43. The number of fused-ring (bicyclic) bond motifs is 1. The molecule has 1 spiro atoms. The monoisotopic (exact) mass is 373 g/mol. The summed E-state index contributed by atoms with van der Waals surface area (Å²) in [5, 5.41) is 16.3. The number of imidazole rings is 1. The third kappa shape index (κ3) is 4.14. The fourth-order valence-corrected chi connectivity index (χ4v) is 3.98. The second-order valence-electron chi connectivity index (χ2n) is 7.02. The summed E-state index contributed by atoms with van der Waals surface area (Å²) in [5.74, 6) is 0.969. The van der Waals surface area contributed by atoms with E-state index in [1.165, 1.54) is 5.57 Å². The third-order valence-corrected chi connectivity index (χ3v) is 5.25. The molecule has 27 heavy (non-hydrogen) atoms. The van der Waals surface area contributed by atoms with Gasteiger partial charge in [0.1, 0.15) is 0 Å². The molecule has 2 aromatic rings. The number of aliphatic hydroxyl groups excluding tert-OH is 1. The van der Waals surface area contributed by atoms with Crippen LogP contribution in [0.2, 0.25) is 0 Å². The van der Waals surface area contributed by atoms with Gasteiger partial charge in [0.2, 0.25) is 5.95 Å². The number of aliphatic hydroxyl groups is 1. The molecule has 2 aliphatic heterocycles. The van der Waals surface area contributed by atoms with Crippen molar-refractivity contribution in [1.82, 2.24) is 9.55 Å². The highest BCUT2D eigenvalue weighted by Gasteiger charge is 2.36. The van der Waals surface area contributed by atoms with E-state index in [2.05, 4.69) is 28.5 Å². The first kappa shape index (κ1) is 19.4. The van der Waals surface area contributed by atoms with E-state index >= 15 is 0 Å². The number of hydrogen-bond donors (Lipinski definition) is 2. The number of para-hydroxylation sites is 2. The Morgan fingerprint density at radius 2 is 2.00 bits per heavy atom. The molecule has 1 saturated heterocycles. The Kier molecular flexibility index (Phi) is 6.13. The van der Waals surface area contributed by atoms with Crippen LogP contribution in [-0.2, 0) is 16.1 Å². The number of carbonyl (C=O) groups is 1. The number of aromatic nitrogens is 2. The lowest BCUT2D eigenvalue weighted by atomic mass is 9.87. The van der Waals surface area contributed by atoms with Crippen LogP contribution in [0.15, 0.2) is 35.9 Å². The summed E-state index contributed by atoms with van der Waals surface area (Å²) in [7, 11) is 0. The molecule has 0 saturated carbocycles. The van der Waals surface area contributed by atoms with Gasteiger partial charge in [-0.1, -0.05) is 23.8 Å². The topological polar surface area (TPSA) is 87.8 Å². The molecule has 4 rings (SSSR count). The highest BCUT2D eigenvalue weighted by molar-refractivity contribution is 5.78. The van der Waals surface area contributed by atoms with E-state index < -0.39 is 0 Å². The van der Waals surface area contributed by atoms with Gasteiger partial charge in [-0.3, -0.25) is 4.79 Å². The van der Waals surface area contributed by atoms with Crippen LogP contribution >= 0.6 is 0 Å².